The average Bonchev–Trinajstić information content (AvgIpc) is 2.88. The van der Waals surface area contributed by atoms with Gasteiger partial charge in [0.05, 0.1) is 0 Å². The lowest BCUT2D eigenvalue weighted by molar-refractivity contribution is -0.135. The molecule has 0 radical (unpaired) electrons. The molecule has 2 heterocycles. The number of nitrogens with zero attached hydrogens (tertiary/aromatic N) is 3. The molecule has 1 fully saturated rings. The fourth-order valence-electron chi connectivity index (χ4n) is 2.18. The first-order chi connectivity index (χ1) is 10.5. The van der Waals surface area contributed by atoms with Crippen LogP contribution in [0.2, 0.25) is 0 Å². The maximum Gasteiger partial charge on any atom is 0.316 e. The van der Waals surface area contributed by atoms with Crippen molar-refractivity contribution in [2.45, 2.75) is 26.3 Å². The molecule has 3 rings (SSSR count). The van der Waals surface area contributed by atoms with Gasteiger partial charge in [0.15, 0.2) is 0 Å². The van der Waals surface area contributed by atoms with Crippen LogP contribution in [-0.4, -0.2) is 40.1 Å². The number of halogens is 1. The van der Waals surface area contributed by atoms with Crippen LogP contribution in [0, 0.1) is 12.7 Å². The topological polar surface area (TPSA) is 71.3 Å². The molecule has 1 aromatic heterocycles. The molecule has 1 amide bonds. The van der Waals surface area contributed by atoms with Crippen LogP contribution in [0.3, 0.4) is 0 Å². The summed E-state index contributed by atoms with van der Waals surface area (Å²) in [6, 6.07) is 4.42. The summed E-state index contributed by atoms with van der Waals surface area (Å²) in [7, 11) is 0. The third-order valence-corrected chi connectivity index (χ3v) is 3.72. The zero-order valence-corrected chi connectivity index (χ0v) is 12.5. The quantitative estimate of drug-likeness (QED) is 0.937. The number of aryl methyl sites for hydroxylation is 1. The minimum absolute atomic E-state index is 0.00683. The van der Waals surface area contributed by atoms with Gasteiger partial charge in [-0.15, -0.1) is 5.10 Å². The highest BCUT2D eigenvalue weighted by molar-refractivity contribution is 5.84. The molecule has 0 aliphatic carbocycles. The fraction of sp³-hybridized carbons (Fsp3) is 0.400. The van der Waals surface area contributed by atoms with E-state index in [1.165, 1.54) is 6.07 Å². The summed E-state index contributed by atoms with van der Waals surface area (Å²) in [5.41, 5.74) is 1.06. The van der Waals surface area contributed by atoms with Crippen molar-refractivity contribution < 1.29 is 13.6 Å². The van der Waals surface area contributed by atoms with Crippen molar-refractivity contribution in [3.05, 3.63) is 29.6 Å². The van der Waals surface area contributed by atoms with E-state index in [4.69, 9.17) is 4.42 Å². The summed E-state index contributed by atoms with van der Waals surface area (Å²) in [4.78, 5) is 13.8. The molecule has 22 heavy (non-hydrogen) atoms. The van der Waals surface area contributed by atoms with E-state index in [2.05, 4.69) is 15.5 Å². The van der Waals surface area contributed by atoms with E-state index in [-0.39, 0.29) is 23.6 Å². The van der Waals surface area contributed by atoms with E-state index in [1.807, 2.05) is 0 Å². The largest absolute Gasteiger partial charge is 0.403 e. The van der Waals surface area contributed by atoms with Gasteiger partial charge in [-0.1, -0.05) is 11.2 Å². The molecular weight excluding hydrogens is 287 g/mol. The number of amides is 1. The van der Waals surface area contributed by atoms with E-state index in [1.54, 1.807) is 30.9 Å². The Morgan fingerprint density at radius 2 is 2.18 bits per heavy atom. The monoisotopic (exact) mass is 304 g/mol. The standard InChI is InChI=1S/C15H17FN4O2/c1-9-4-5-11(8-12(9)16)13-18-19-15(22-13)17-10(2)14(21)20-6-3-7-20/h4-5,8,10H,3,6-7H2,1-2H3,(H,17,19)/t10-/m1/s1. The van der Waals surface area contributed by atoms with Crippen molar-refractivity contribution >= 4 is 11.9 Å². The molecule has 1 saturated heterocycles. The van der Waals surface area contributed by atoms with E-state index in [0.29, 0.717) is 11.1 Å². The van der Waals surface area contributed by atoms with E-state index >= 15 is 0 Å². The minimum Gasteiger partial charge on any atom is -0.403 e. The van der Waals surface area contributed by atoms with Crippen molar-refractivity contribution in [3.8, 4) is 11.5 Å². The predicted octanol–water partition coefficient (Wildman–Crippen LogP) is 2.22. The van der Waals surface area contributed by atoms with Gasteiger partial charge >= 0.3 is 6.01 Å². The third kappa shape index (κ3) is 2.79. The predicted molar refractivity (Wildman–Crippen MR) is 78.7 cm³/mol. The van der Waals surface area contributed by atoms with Crippen LogP contribution in [0.5, 0.6) is 0 Å². The van der Waals surface area contributed by atoms with Crippen molar-refractivity contribution in [3.63, 3.8) is 0 Å². The molecule has 1 aliphatic rings. The Hall–Kier alpha value is -2.44. The molecule has 0 spiro atoms. The molecular formula is C15H17FN4O2. The third-order valence-electron chi connectivity index (χ3n) is 3.72. The van der Waals surface area contributed by atoms with Gasteiger partial charge in [-0.25, -0.2) is 4.39 Å². The number of benzene rings is 1. The Bertz CT molecular complexity index is 697. The van der Waals surface area contributed by atoms with Crippen molar-refractivity contribution in [1.29, 1.82) is 0 Å². The summed E-state index contributed by atoms with van der Waals surface area (Å²) >= 11 is 0. The highest BCUT2D eigenvalue weighted by Crippen LogP contribution is 2.22. The van der Waals surface area contributed by atoms with Gasteiger partial charge < -0.3 is 14.6 Å². The Kier molecular flexibility index (Phi) is 3.79. The molecule has 1 atom stereocenters. The second-order valence-corrected chi connectivity index (χ2v) is 5.42. The number of hydrogen-bond acceptors (Lipinski definition) is 5. The van der Waals surface area contributed by atoms with Gasteiger partial charge in [-0.05, 0) is 38.0 Å². The van der Waals surface area contributed by atoms with Gasteiger partial charge in [-0.3, -0.25) is 4.79 Å². The van der Waals surface area contributed by atoms with Gasteiger partial charge in [-0.2, -0.15) is 0 Å². The second kappa shape index (κ2) is 5.75. The maximum atomic E-state index is 13.6. The van der Waals surface area contributed by atoms with Gasteiger partial charge in [0, 0.05) is 18.7 Å². The van der Waals surface area contributed by atoms with Gasteiger partial charge in [0.1, 0.15) is 11.9 Å². The summed E-state index contributed by atoms with van der Waals surface area (Å²) in [5, 5.41) is 10.6. The highest BCUT2D eigenvalue weighted by atomic mass is 19.1. The number of aromatic nitrogens is 2. The molecule has 1 N–H and O–H groups in total. The fourth-order valence-corrected chi connectivity index (χ4v) is 2.18. The Morgan fingerprint density at radius 3 is 2.82 bits per heavy atom. The normalized spacial score (nSPS) is 15.3. The molecule has 116 valence electrons. The first-order valence-corrected chi connectivity index (χ1v) is 7.20. The Morgan fingerprint density at radius 1 is 1.41 bits per heavy atom. The highest BCUT2D eigenvalue weighted by Gasteiger charge is 2.26. The molecule has 0 saturated carbocycles. The van der Waals surface area contributed by atoms with Crippen molar-refractivity contribution in [1.82, 2.24) is 15.1 Å². The Balaban J connectivity index is 1.70. The van der Waals surface area contributed by atoms with Crippen LogP contribution < -0.4 is 5.32 Å². The number of hydrogen-bond donors (Lipinski definition) is 1. The first kappa shape index (κ1) is 14.5. The van der Waals surface area contributed by atoms with E-state index in [0.717, 1.165) is 19.5 Å². The average molecular weight is 304 g/mol. The van der Waals surface area contributed by atoms with Crippen LogP contribution in [0.25, 0.3) is 11.5 Å². The number of carbonyl (C=O) groups is 1. The van der Waals surface area contributed by atoms with Crippen LogP contribution >= 0.6 is 0 Å². The van der Waals surface area contributed by atoms with Crippen molar-refractivity contribution in [2.75, 3.05) is 18.4 Å². The Labute approximate surface area is 127 Å². The van der Waals surface area contributed by atoms with Crippen LogP contribution in [0.4, 0.5) is 10.4 Å². The summed E-state index contributed by atoms with van der Waals surface area (Å²) in [6.07, 6.45) is 1.04. The molecule has 7 heteroatoms. The molecule has 2 aromatic rings. The van der Waals surface area contributed by atoms with Crippen LogP contribution in [0.15, 0.2) is 22.6 Å². The van der Waals surface area contributed by atoms with E-state index < -0.39 is 6.04 Å². The number of carbonyl (C=O) groups excluding carboxylic acids is 1. The number of likely N-dealkylation sites (tertiary alicyclic amines) is 1. The molecule has 0 bridgehead atoms. The molecule has 0 unspecified atom stereocenters. The lowest BCUT2D eigenvalue weighted by Crippen LogP contribution is -2.48. The molecule has 6 nitrogen and oxygen atoms in total. The molecule has 1 aromatic carbocycles. The maximum absolute atomic E-state index is 13.6. The lowest BCUT2D eigenvalue weighted by Gasteiger charge is -2.33. The van der Waals surface area contributed by atoms with Crippen LogP contribution in [-0.2, 0) is 4.79 Å². The van der Waals surface area contributed by atoms with Gasteiger partial charge in [0.25, 0.3) is 0 Å². The van der Waals surface area contributed by atoms with Gasteiger partial charge in [0.2, 0.25) is 11.8 Å². The molecule has 1 aliphatic heterocycles. The zero-order chi connectivity index (χ0) is 15.7. The first-order valence-electron chi connectivity index (χ1n) is 7.20. The number of rotatable bonds is 4. The summed E-state index contributed by atoms with van der Waals surface area (Å²) in [6.45, 7) is 5.02. The second-order valence-electron chi connectivity index (χ2n) is 5.42. The van der Waals surface area contributed by atoms with Crippen LogP contribution in [0.1, 0.15) is 18.9 Å². The smallest absolute Gasteiger partial charge is 0.316 e. The zero-order valence-electron chi connectivity index (χ0n) is 12.5. The summed E-state index contributed by atoms with van der Waals surface area (Å²) in [5.74, 6) is -0.107. The number of nitrogens with one attached hydrogen (secondary N) is 1. The minimum atomic E-state index is -0.441. The lowest BCUT2D eigenvalue weighted by atomic mass is 10.1. The summed E-state index contributed by atoms with van der Waals surface area (Å²) < 4.78 is 19.0. The number of anilines is 1. The van der Waals surface area contributed by atoms with E-state index in [9.17, 15) is 9.18 Å². The SMILES string of the molecule is Cc1ccc(-c2nnc(N[C@H](C)C(=O)N3CCC3)o2)cc1F. The van der Waals surface area contributed by atoms with Crippen molar-refractivity contribution in [2.24, 2.45) is 0 Å².